The second-order valence-electron chi connectivity index (χ2n) is 3.04. The number of aliphatic hydroxyl groups excluding tert-OH is 1. The standard InChI is InChI=1S/C9H14N2OS/c10-7(5-12)3-6-1-2-8(11)9(13)4-6/h1-2,4,7,12-13H,3,5,10-11H2. The quantitative estimate of drug-likeness (QED) is 0.420. The number of nitrogen functional groups attached to an aromatic ring is 1. The van der Waals surface area contributed by atoms with Crippen molar-refractivity contribution in [2.45, 2.75) is 17.4 Å². The number of thiol groups is 1. The molecular formula is C9H14N2OS. The lowest BCUT2D eigenvalue weighted by atomic mass is 10.1. The van der Waals surface area contributed by atoms with Crippen LogP contribution >= 0.6 is 12.6 Å². The van der Waals surface area contributed by atoms with Gasteiger partial charge in [-0.15, -0.1) is 12.6 Å². The lowest BCUT2D eigenvalue weighted by molar-refractivity contribution is 0.265. The molecule has 0 saturated heterocycles. The summed E-state index contributed by atoms with van der Waals surface area (Å²) in [5.41, 5.74) is 12.9. The van der Waals surface area contributed by atoms with Crippen LogP contribution in [0.2, 0.25) is 0 Å². The molecule has 0 aliphatic rings. The Hall–Kier alpha value is -0.710. The van der Waals surface area contributed by atoms with E-state index >= 15 is 0 Å². The van der Waals surface area contributed by atoms with E-state index in [1.807, 2.05) is 12.1 Å². The molecule has 4 heteroatoms. The highest BCUT2D eigenvalue weighted by atomic mass is 32.1. The molecule has 1 rings (SSSR count). The number of benzene rings is 1. The minimum atomic E-state index is -0.212. The van der Waals surface area contributed by atoms with Crippen LogP contribution in [0.25, 0.3) is 0 Å². The largest absolute Gasteiger partial charge is 0.398 e. The van der Waals surface area contributed by atoms with Crippen LogP contribution in [0.15, 0.2) is 23.1 Å². The molecule has 1 atom stereocenters. The average molecular weight is 198 g/mol. The second kappa shape index (κ2) is 4.50. The topological polar surface area (TPSA) is 72.3 Å². The molecule has 1 unspecified atom stereocenters. The molecule has 1 aromatic carbocycles. The molecule has 0 bridgehead atoms. The highest BCUT2D eigenvalue weighted by Crippen LogP contribution is 2.18. The smallest absolute Gasteiger partial charge is 0.0585 e. The number of rotatable bonds is 3. The maximum Gasteiger partial charge on any atom is 0.0585 e. The van der Waals surface area contributed by atoms with Crippen molar-refractivity contribution in [1.82, 2.24) is 0 Å². The van der Waals surface area contributed by atoms with Crippen LogP contribution in [0, 0.1) is 0 Å². The van der Waals surface area contributed by atoms with Crippen molar-refractivity contribution < 1.29 is 5.11 Å². The summed E-state index contributed by atoms with van der Waals surface area (Å²) in [6.45, 7) is -0.00766. The number of anilines is 1. The summed E-state index contributed by atoms with van der Waals surface area (Å²) in [5.74, 6) is 0. The summed E-state index contributed by atoms with van der Waals surface area (Å²) < 4.78 is 0. The van der Waals surface area contributed by atoms with E-state index < -0.39 is 0 Å². The van der Waals surface area contributed by atoms with Gasteiger partial charge in [-0.2, -0.15) is 0 Å². The Labute approximate surface area is 83.2 Å². The van der Waals surface area contributed by atoms with Gasteiger partial charge in [-0.1, -0.05) is 6.07 Å². The maximum atomic E-state index is 8.75. The van der Waals surface area contributed by atoms with Gasteiger partial charge in [0.2, 0.25) is 0 Å². The average Bonchev–Trinajstić information content (AvgIpc) is 2.11. The third-order valence-electron chi connectivity index (χ3n) is 1.83. The Morgan fingerprint density at radius 1 is 1.46 bits per heavy atom. The van der Waals surface area contributed by atoms with Gasteiger partial charge in [0.15, 0.2) is 0 Å². The fourth-order valence-electron chi connectivity index (χ4n) is 1.08. The fraction of sp³-hybridized carbons (Fsp3) is 0.333. The zero-order valence-electron chi connectivity index (χ0n) is 7.27. The van der Waals surface area contributed by atoms with Gasteiger partial charge in [0, 0.05) is 16.6 Å². The van der Waals surface area contributed by atoms with E-state index in [1.54, 1.807) is 6.07 Å². The summed E-state index contributed by atoms with van der Waals surface area (Å²) in [6, 6.07) is 5.34. The van der Waals surface area contributed by atoms with Crippen LogP contribution in [-0.4, -0.2) is 17.8 Å². The van der Waals surface area contributed by atoms with Crippen molar-refractivity contribution in [2.24, 2.45) is 5.73 Å². The number of aliphatic hydroxyl groups is 1. The normalized spacial score (nSPS) is 12.8. The van der Waals surface area contributed by atoms with Crippen molar-refractivity contribution in [2.75, 3.05) is 12.3 Å². The molecule has 0 saturated carbocycles. The Kier molecular flexibility index (Phi) is 3.59. The van der Waals surface area contributed by atoms with Crippen LogP contribution in [0.1, 0.15) is 5.56 Å². The maximum absolute atomic E-state index is 8.75. The van der Waals surface area contributed by atoms with Crippen LogP contribution < -0.4 is 11.5 Å². The second-order valence-corrected chi connectivity index (χ2v) is 3.52. The Morgan fingerprint density at radius 2 is 2.15 bits per heavy atom. The highest BCUT2D eigenvalue weighted by molar-refractivity contribution is 7.80. The van der Waals surface area contributed by atoms with Crippen LogP contribution in [0.3, 0.4) is 0 Å². The van der Waals surface area contributed by atoms with Crippen molar-refractivity contribution >= 4 is 18.3 Å². The third-order valence-corrected chi connectivity index (χ3v) is 2.21. The van der Waals surface area contributed by atoms with Gasteiger partial charge in [0.25, 0.3) is 0 Å². The summed E-state index contributed by atoms with van der Waals surface area (Å²) in [6.07, 6.45) is 0.643. The van der Waals surface area contributed by atoms with E-state index in [2.05, 4.69) is 12.6 Å². The minimum absolute atomic E-state index is 0.00766. The van der Waals surface area contributed by atoms with Gasteiger partial charge >= 0.3 is 0 Å². The van der Waals surface area contributed by atoms with Crippen LogP contribution in [-0.2, 0) is 6.42 Å². The van der Waals surface area contributed by atoms with Gasteiger partial charge in [-0.3, -0.25) is 0 Å². The Bertz CT molecular complexity index is 291. The van der Waals surface area contributed by atoms with E-state index in [0.717, 1.165) is 10.5 Å². The van der Waals surface area contributed by atoms with Crippen LogP contribution in [0.5, 0.6) is 0 Å². The first-order valence-electron chi connectivity index (χ1n) is 4.07. The molecule has 0 aliphatic carbocycles. The van der Waals surface area contributed by atoms with Crippen LogP contribution in [0.4, 0.5) is 5.69 Å². The van der Waals surface area contributed by atoms with Gasteiger partial charge in [-0.25, -0.2) is 0 Å². The van der Waals surface area contributed by atoms with Gasteiger partial charge in [0.05, 0.1) is 6.61 Å². The molecule has 0 fully saturated rings. The van der Waals surface area contributed by atoms with Gasteiger partial charge < -0.3 is 16.6 Å². The lowest BCUT2D eigenvalue weighted by Crippen LogP contribution is -2.26. The molecule has 0 aliphatic heterocycles. The molecule has 0 aromatic heterocycles. The number of hydrogen-bond donors (Lipinski definition) is 4. The zero-order valence-corrected chi connectivity index (χ0v) is 8.17. The minimum Gasteiger partial charge on any atom is -0.398 e. The summed E-state index contributed by atoms with van der Waals surface area (Å²) in [4.78, 5) is 0.752. The highest BCUT2D eigenvalue weighted by Gasteiger charge is 2.03. The first-order valence-corrected chi connectivity index (χ1v) is 4.52. The van der Waals surface area contributed by atoms with E-state index in [4.69, 9.17) is 16.6 Å². The van der Waals surface area contributed by atoms with E-state index in [1.165, 1.54) is 0 Å². The SMILES string of the molecule is Nc1ccc(CC(N)CO)cc1S. The number of hydrogen-bond acceptors (Lipinski definition) is 4. The molecule has 5 N–H and O–H groups in total. The Balaban J connectivity index is 2.73. The van der Waals surface area contributed by atoms with E-state index in [0.29, 0.717) is 12.1 Å². The van der Waals surface area contributed by atoms with E-state index in [-0.39, 0.29) is 12.6 Å². The van der Waals surface area contributed by atoms with Crippen molar-refractivity contribution in [3.05, 3.63) is 23.8 Å². The molecule has 0 spiro atoms. The third kappa shape index (κ3) is 2.91. The predicted octanol–water partition coefficient (Wildman–Crippen LogP) is 0.420. The number of nitrogens with two attached hydrogens (primary N) is 2. The first kappa shape index (κ1) is 10.4. The summed E-state index contributed by atoms with van der Waals surface area (Å²) in [7, 11) is 0. The molecule has 1 aromatic rings. The lowest BCUT2D eigenvalue weighted by Gasteiger charge is -2.09. The molecule has 13 heavy (non-hydrogen) atoms. The van der Waals surface area contributed by atoms with Gasteiger partial charge in [0.1, 0.15) is 0 Å². The molecule has 72 valence electrons. The molecule has 0 radical (unpaired) electrons. The predicted molar refractivity (Wildman–Crippen MR) is 56.9 cm³/mol. The summed E-state index contributed by atoms with van der Waals surface area (Å²) >= 11 is 4.19. The van der Waals surface area contributed by atoms with Gasteiger partial charge in [-0.05, 0) is 24.1 Å². The first-order chi connectivity index (χ1) is 6.13. The molecular weight excluding hydrogens is 184 g/mol. The monoisotopic (exact) mass is 198 g/mol. The fourth-order valence-corrected chi connectivity index (χ4v) is 1.32. The van der Waals surface area contributed by atoms with Crippen molar-refractivity contribution in [1.29, 1.82) is 0 Å². The molecule has 3 nitrogen and oxygen atoms in total. The summed E-state index contributed by atoms with van der Waals surface area (Å²) in [5, 5.41) is 8.75. The van der Waals surface area contributed by atoms with Crippen molar-refractivity contribution in [3.8, 4) is 0 Å². The van der Waals surface area contributed by atoms with E-state index in [9.17, 15) is 0 Å². The van der Waals surface area contributed by atoms with Crippen molar-refractivity contribution in [3.63, 3.8) is 0 Å². The molecule has 0 amide bonds. The Morgan fingerprint density at radius 3 is 2.69 bits per heavy atom. The molecule has 0 heterocycles. The zero-order chi connectivity index (χ0) is 9.84.